The lowest BCUT2D eigenvalue weighted by Crippen LogP contribution is -2.02. The number of pyridine rings is 1. The minimum absolute atomic E-state index is 0.00479. The SMILES string of the molecule is Cc1cccc(C(=O)c2c[nH]c3ncccc23)c1Br. The topological polar surface area (TPSA) is 45.8 Å². The Bertz CT molecular complexity index is 777. The highest BCUT2D eigenvalue weighted by molar-refractivity contribution is 9.10. The van der Waals surface area contributed by atoms with Crippen LogP contribution in [0.5, 0.6) is 0 Å². The van der Waals surface area contributed by atoms with Crippen LogP contribution >= 0.6 is 15.9 Å². The highest BCUT2D eigenvalue weighted by Crippen LogP contribution is 2.26. The van der Waals surface area contributed by atoms with Crippen LogP contribution in [0.15, 0.2) is 47.2 Å². The first-order valence-electron chi connectivity index (χ1n) is 5.90. The van der Waals surface area contributed by atoms with Crippen molar-refractivity contribution in [3.8, 4) is 0 Å². The van der Waals surface area contributed by atoms with Crippen LogP contribution < -0.4 is 0 Å². The zero-order valence-corrected chi connectivity index (χ0v) is 11.9. The molecule has 0 unspecified atom stereocenters. The van der Waals surface area contributed by atoms with E-state index in [1.165, 1.54) is 0 Å². The van der Waals surface area contributed by atoms with Gasteiger partial charge >= 0.3 is 0 Å². The molecule has 1 aromatic carbocycles. The normalized spacial score (nSPS) is 10.8. The number of hydrogen-bond donors (Lipinski definition) is 1. The lowest BCUT2D eigenvalue weighted by molar-refractivity contribution is 0.103. The monoisotopic (exact) mass is 314 g/mol. The van der Waals surface area contributed by atoms with Crippen LogP contribution in [-0.2, 0) is 0 Å². The van der Waals surface area contributed by atoms with Crippen LogP contribution in [0.1, 0.15) is 21.5 Å². The summed E-state index contributed by atoms with van der Waals surface area (Å²) in [5.41, 5.74) is 3.09. The van der Waals surface area contributed by atoms with Gasteiger partial charge in [0.1, 0.15) is 5.65 Å². The molecule has 0 aliphatic heterocycles. The average molecular weight is 315 g/mol. The third kappa shape index (κ3) is 1.98. The third-order valence-corrected chi connectivity index (χ3v) is 4.18. The van der Waals surface area contributed by atoms with E-state index in [2.05, 4.69) is 25.9 Å². The Balaban J connectivity index is 2.17. The standard InChI is InChI=1S/C15H11BrN2O/c1-9-4-2-5-11(13(9)16)14(19)12-8-18-15-10(12)6-3-7-17-15/h2-8H,1H3,(H,17,18). The van der Waals surface area contributed by atoms with Gasteiger partial charge in [0.15, 0.2) is 5.78 Å². The molecular weight excluding hydrogens is 304 g/mol. The van der Waals surface area contributed by atoms with E-state index in [0.29, 0.717) is 11.1 Å². The molecule has 0 atom stereocenters. The second-order valence-electron chi connectivity index (χ2n) is 4.37. The average Bonchev–Trinajstić information content (AvgIpc) is 2.85. The van der Waals surface area contributed by atoms with Crippen LogP contribution in [-0.4, -0.2) is 15.8 Å². The number of nitrogens with one attached hydrogen (secondary N) is 1. The molecule has 0 aliphatic rings. The van der Waals surface area contributed by atoms with Crippen LogP contribution in [0.25, 0.3) is 11.0 Å². The first-order valence-corrected chi connectivity index (χ1v) is 6.69. The van der Waals surface area contributed by atoms with Gasteiger partial charge in [-0.2, -0.15) is 0 Å². The number of hydrogen-bond acceptors (Lipinski definition) is 2. The molecule has 1 N–H and O–H groups in total. The molecule has 0 bridgehead atoms. The number of aryl methyl sites for hydroxylation is 1. The van der Waals surface area contributed by atoms with Gasteiger partial charge in [0.05, 0.1) is 0 Å². The van der Waals surface area contributed by atoms with Gasteiger partial charge in [-0.25, -0.2) is 4.98 Å². The lowest BCUT2D eigenvalue weighted by atomic mass is 10.0. The van der Waals surface area contributed by atoms with Gasteiger partial charge in [0, 0.05) is 33.4 Å². The van der Waals surface area contributed by atoms with Crippen molar-refractivity contribution in [2.45, 2.75) is 6.92 Å². The highest BCUT2D eigenvalue weighted by Gasteiger charge is 2.17. The maximum absolute atomic E-state index is 12.6. The van der Waals surface area contributed by atoms with Crippen molar-refractivity contribution in [2.75, 3.05) is 0 Å². The number of fused-ring (bicyclic) bond motifs is 1. The van der Waals surface area contributed by atoms with Crippen molar-refractivity contribution in [1.29, 1.82) is 0 Å². The maximum Gasteiger partial charge on any atom is 0.196 e. The van der Waals surface area contributed by atoms with Gasteiger partial charge in [0.2, 0.25) is 0 Å². The van der Waals surface area contributed by atoms with E-state index in [1.807, 2.05) is 37.3 Å². The molecule has 0 saturated carbocycles. The molecule has 0 spiro atoms. The number of carbonyl (C=O) groups is 1. The number of nitrogens with zero attached hydrogens (tertiary/aromatic N) is 1. The van der Waals surface area contributed by atoms with E-state index in [4.69, 9.17) is 0 Å². The number of aromatic nitrogens is 2. The van der Waals surface area contributed by atoms with Crippen LogP contribution in [0.3, 0.4) is 0 Å². The fourth-order valence-corrected chi connectivity index (χ4v) is 2.56. The highest BCUT2D eigenvalue weighted by atomic mass is 79.9. The first kappa shape index (κ1) is 12.1. The molecule has 3 nitrogen and oxygen atoms in total. The van der Waals surface area contributed by atoms with Gasteiger partial charge in [-0.1, -0.05) is 12.1 Å². The molecule has 0 aliphatic carbocycles. The molecule has 2 aromatic heterocycles. The van der Waals surface area contributed by atoms with Gasteiger partial charge in [-0.15, -0.1) is 0 Å². The number of ketones is 1. The van der Waals surface area contributed by atoms with Gasteiger partial charge in [-0.3, -0.25) is 4.79 Å². The predicted octanol–water partition coefficient (Wildman–Crippen LogP) is 3.86. The summed E-state index contributed by atoms with van der Waals surface area (Å²) in [4.78, 5) is 19.8. The molecule has 94 valence electrons. The number of aromatic amines is 1. The number of halogens is 1. The van der Waals surface area contributed by atoms with Crippen molar-refractivity contribution in [3.05, 3.63) is 63.9 Å². The molecule has 3 aromatic rings. The molecule has 19 heavy (non-hydrogen) atoms. The molecular formula is C15H11BrN2O. The molecule has 0 radical (unpaired) electrons. The summed E-state index contributed by atoms with van der Waals surface area (Å²) in [7, 11) is 0. The summed E-state index contributed by atoms with van der Waals surface area (Å²) in [6, 6.07) is 9.42. The zero-order valence-electron chi connectivity index (χ0n) is 10.3. The maximum atomic E-state index is 12.6. The minimum atomic E-state index is -0.00479. The van der Waals surface area contributed by atoms with Gasteiger partial charge < -0.3 is 4.98 Å². The van der Waals surface area contributed by atoms with Crippen molar-refractivity contribution < 1.29 is 4.79 Å². The molecule has 2 heterocycles. The number of benzene rings is 1. The Morgan fingerprint density at radius 1 is 1.21 bits per heavy atom. The Morgan fingerprint density at radius 3 is 2.89 bits per heavy atom. The predicted molar refractivity (Wildman–Crippen MR) is 78.4 cm³/mol. The second-order valence-corrected chi connectivity index (χ2v) is 5.16. The van der Waals surface area contributed by atoms with E-state index in [9.17, 15) is 4.79 Å². The largest absolute Gasteiger partial charge is 0.345 e. The van der Waals surface area contributed by atoms with Crippen molar-refractivity contribution in [2.24, 2.45) is 0 Å². The molecule has 0 amide bonds. The van der Waals surface area contributed by atoms with Crippen molar-refractivity contribution in [3.63, 3.8) is 0 Å². The van der Waals surface area contributed by atoms with E-state index in [1.54, 1.807) is 12.4 Å². The van der Waals surface area contributed by atoms with Crippen molar-refractivity contribution in [1.82, 2.24) is 9.97 Å². The molecule has 3 rings (SSSR count). The fraction of sp³-hybridized carbons (Fsp3) is 0.0667. The Kier molecular flexibility index (Phi) is 2.95. The number of H-pyrrole nitrogens is 1. The van der Waals surface area contributed by atoms with E-state index in [-0.39, 0.29) is 5.78 Å². The van der Waals surface area contributed by atoms with Crippen LogP contribution in [0.2, 0.25) is 0 Å². The van der Waals surface area contributed by atoms with E-state index >= 15 is 0 Å². The second kappa shape index (κ2) is 4.63. The summed E-state index contributed by atoms with van der Waals surface area (Å²) >= 11 is 3.48. The summed E-state index contributed by atoms with van der Waals surface area (Å²) in [5.74, 6) is -0.00479. The number of rotatable bonds is 2. The quantitative estimate of drug-likeness (QED) is 0.730. The molecule has 0 fully saturated rings. The Morgan fingerprint density at radius 2 is 2.05 bits per heavy atom. The summed E-state index contributed by atoms with van der Waals surface area (Å²) in [6.45, 7) is 1.97. The van der Waals surface area contributed by atoms with Crippen LogP contribution in [0.4, 0.5) is 0 Å². The van der Waals surface area contributed by atoms with Gasteiger partial charge in [0.25, 0.3) is 0 Å². The molecule has 0 saturated heterocycles. The van der Waals surface area contributed by atoms with E-state index in [0.717, 1.165) is 21.1 Å². The smallest absolute Gasteiger partial charge is 0.196 e. The Labute approximate surface area is 118 Å². The third-order valence-electron chi connectivity index (χ3n) is 3.13. The minimum Gasteiger partial charge on any atom is -0.345 e. The fourth-order valence-electron chi connectivity index (χ4n) is 2.11. The van der Waals surface area contributed by atoms with E-state index < -0.39 is 0 Å². The summed E-state index contributed by atoms with van der Waals surface area (Å²) in [5, 5.41) is 0.848. The summed E-state index contributed by atoms with van der Waals surface area (Å²) < 4.78 is 0.846. The Hall–Kier alpha value is -1.94. The van der Waals surface area contributed by atoms with Crippen LogP contribution in [0, 0.1) is 6.92 Å². The zero-order chi connectivity index (χ0) is 13.4. The number of carbonyl (C=O) groups excluding carboxylic acids is 1. The van der Waals surface area contributed by atoms with Crippen molar-refractivity contribution >= 4 is 32.7 Å². The summed E-state index contributed by atoms with van der Waals surface area (Å²) in [6.07, 6.45) is 3.42. The molecule has 4 heteroatoms. The van der Waals surface area contributed by atoms with Gasteiger partial charge in [-0.05, 0) is 46.6 Å². The lowest BCUT2D eigenvalue weighted by Gasteiger charge is -2.05. The first-order chi connectivity index (χ1) is 9.18.